The summed E-state index contributed by atoms with van der Waals surface area (Å²) in [7, 11) is 0. The van der Waals surface area contributed by atoms with Crippen LogP contribution < -0.4 is 0 Å². The molecule has 6 heteroatoms. The third-order valence-corrected chi connectivity index (χ3v) is 3.69. The molecule has 2 aliphatic rings. The monoisotopic (exact) mass is 279 g/mol. The molecule has 1 heterocycles. The summed E-state index contributed by atoms with van der Waals surface area (Å²) < 4.78 is 13.8. The average molecular weight is 280 g/mol. The second-order valence-corrected chi connectivity index (χ2v) is 4.80. The van der Waals surface area contributed by atoms with E-state index < -0.39 is 35.0 Å². The van der Waals surface area contributed by atoms with E-state index in [4.69, 9.17) is 11.6 Å². The minimum atomic E-state index is -1.29. The van der Waals surface area contributed by atoms with Gasteiger partial charge in [0.1, 0.15) is 11.6 Å². The number of rotatable bonds is 0. The van der Waals surface area contributed by atoms with Crippen LogP contribution in [0, 0.1) is 11.8 Å². The van der Waals surface area contributed by atoms with Crippen LogP contribution in [0.1, 0.15) is 20.7 Å². The molecule has 2 atom stereocenters. The van der Waals surface area contributed by atoms with Gasteiger partial charge in [0, 0.05) is 11.2 Å². The van der Waals surface area contributed by atoms with Crippen molar-refractivity contribution in [3.63, 3.8) is 0 Å². The Morgan fingerprint density at radius 3 is 2.63 bits per heavy atom. The average Bonchev–Trinajstić information content (AvgIpc) is 2.38. The lowest BCUT2D eigenvalue weighted by molar-refractivity contribution is 0.0770. The number of carbonyl (C=O) groups is 2. The SMILES string of the molecule is O=C1c2cncc(O)c2C(=O)C2C(F)=CC=C(Cl)C12. The van der Waals surface area contributed by atoms with Gasteiger partial charge in [0.15, 0.2) is 11.6 Å². The first-order chi connectivity index (χ1) is 9.02. The molecule has 96 valence electrons. The van der Waals surface area contributed by atoms with Gasteiger partial charge in [-0.1, -0.05) is 11.6 Å². The Kier molecular flexibility index (Phi) is 2.53. The van der Waals surface area contributed by atoms with E-state index in [1.807, 2.05) is 0 Å². The number of carbonyl (C=O) groups excluding carboxylic acids is 2. The molecular weight excluding hydrogens is 273 g/mol. The Morgan fingerprint density at radius 2 is 1.89 bits per heavy atom. The maximum absolute atomic E-state index is 13.8. The Balaban J connectivity index is 2.28. The highest BCUT2D eigenvalue weighted by atomic mass is 35.5. The number of ketones is 2. The molecule has 0 aromatic carbocycles. The first-order valence-electron chi connectivity index (χ1n) is 5.50. The lowest BCUT2D eigenvalue weighted by Crippen LogP contribution is -2.38. The molecule has 4 nitrogen and oxygen atoms in total. The van der Waals surface area contributed by atoms with Crippen molar-refractivity contribution in [1.82, 2.24) is 4.98 Å². The minimum absolute atomic E-state index is 0.0208. The molecule has 19 heavy (non-hydrogen) atoms. The van der Waals surface area contributed by atoms with Crippen molar-refractivity contribution in [2.24, 2.45) is 11.8 Å². The molecule has 0 aliphatic heterocycles. The van der Waals surface area contributed by atoms with Gasteiger partial charge in [-0.3, -0.25) is 14.6 Å². The van der Waals surface area contributed by atoms with Crippen molar-refractivity contribution in [1.29, 1.82) is 0 Å². The van der Waals surface area contributed by atoms with Crippen LogP contribution in [-0.4, -0.2) is 21.7 Å². The van der Waals surface area contributed by atoms with Gasteiger partial charge >= 0.3 is 0 Å². The van der Waals surface area contributed by atoms with E-state index in [1.54, 1.807) is 0 Å². The van der Waals surface area contributed by atoms with Crippen molar-refractivity contribution in [2.75, 3.05) is 0 Å². The van der Waals surface area contributed by atoms with Gasteiger partial charge < -0.3 is 5.11 Å². The van der Waals surface area contributed by atoms with Gasteiger partial charge in [-0.05, 0) is 12.2 Å². The maximum atomic E-state index is 13.8. The molecule has 0 saturated heterocycles. The molecule has 0 saturated carbocycles. The predicted octanol–water partition coefficient (Wildman–Crippen LogP) is 2.39. The normalized spacial score (nSPS) is 25.4. The molecule has 2 unspecified atom stereocenters. The molecule has 3 rings (SSSR count). The third kappa shape index (κ3) is 1.55. The van der Waals surface area contributed by atoms with Crippen LogP contribution in [0.15, 0.2) is 35.4 Å². The number of nitrogens with zero attached hydrogens (tertiary/aromatic N) is 1. The summed E-state index contributed by atoms with van der Waals surface area (Å²) in [4.78, 5) is 28.2. The van der Waals surface area contributed by atoms with Crippen LogP contribution in [0.5, 0.6) is 5.75 Å². The Labute approximate surface area is 112 Å². The standard InChI is InChI=1S/C13H7ClFNO3/c14-6-1-2-7(15)11-10(6)12(18)5-3-16-4-8(17)9(5)13(11)19/h1-4,10-11,17H. The summed E-state index contributed by atoms with van der Waals surface area (Å²) in [6.07, 6.45) is 4.57. The number of halogens is 2. The number of Topliss-reactive ketones (excluding diaryl/α,β-unsaturated/α-hetero) is 2. The Hall–Kier alpha value is -2.01. The summed E-state index contributed by atoms with van der Waals surface area (Å²) in [5.74, 6) is -4.66. The highest BCUT2D eigenvalue weighted by Crippen LogP contribution is 2.44. The quantitative estimate of drug-likeness (QED) is 0.792. The number of fused-ring (bicyclic) bond motifs is 2. The first kappa shape index (κ1) is 12.0. The highest BCUT2D eigenvalue weighted by Gasteiger charge is 2.47. The molecule has 1 aromatic heterocycles. The van der Waals surface area contributed by atoms with E-state index >= 15 is 0 Å². The van der Waals surface area contributed by atoms with E-state index in [1.165, 1.54) is 12.3 Å². The second kappa shape index (κ2) is 3.99. The molecule has 0 spiro atoms. The molecule has 0 bridgehead atoms. The van der Waals surface area contributed by atoms with Crippen molar-refractivity contribution in [2.45, 2.75) is 0 Å². The zero-order chi connectivity index (χ0) is 13.7. The number of allylic oxidation sites excluding steroid dienone is 4. The van der Waals surface area contributed by atoms with Crippen LogP contribution in [0.3, 0.4) is 0 Å². The molecule has 1 aromatic rings. The maximum Gasteiger partial charge on any atom is 0.178 e. The smallest absolute Gasteiger partial charge is 0.178 e. The molecular formula is C13H7ClFNO3. The summed E-state index contributed by atoms with van der Waals surface area (Å²) >= 11 is 5.92. The third-order valence-electron chi connectivity index (χ3n) is 3.33. The van der Waals surface area contributed by atoms with Crippen LogP contribution in [0.25, 0.3) is 0 Å². The first-order valence-corrected chi connectivity index (χ1v) is 5.88. The van der Waals surface area contributed by atoms with Gasteiger partial charge in [0.25, 0.3) is 0 Å². The van der Waals surface area contributed by atoms with E-state index in [2.05, 4.69) is 4.98 Å². The fourth-order valence-corrected chi connectivity index (χ4v) is 2.74. The van der Waals surface area contributed by atoms with Crippen molar-refractivity contribution in [3.05, 3.63) is 46.5 Å². The Bertz CT molecular complexity index is 680. The minimum Gasteiger partial charge on any atom is -0.506 e. The topological polar surface area (TPSA) is 67.3 Å². The van der Waals surface area contributed by atoms with E-state index in [0.717, 1.165) is 12.3 Å². The summed E-state index contributed by atoms with van der Waals surface area (Å²) in [6.45, 7) is 0. The zero-order valence-corrected chi connectivity index (χ0v) is 10.2. The molecule has 0 fully saturated rings. The number of aromatic nitrogens is 1. The van der Waals surface area contributed by atoms with E-state index in [-0.39, 0.29) is 16.2 Å². The van der Waals surface area contributed by atoms with Crippen molar-refractivity contribution >= 4 is 23.2 Å². The van der Waals surface area contributed by atoms with Crippen LogP contribution >= 0.6 is 11.6 Å². The predicted molar refractivity (Wildman–Crippen MR) is 64.7 cm³/mol. The molecule has 1 N–H and O–H groups in total. The van der Waals surface area contributed by atoms with Crippen molar-refractivity contribution < 1.29 is 19.1 Å². The van der Waals surface area contributed by atoms with Crippen molar-refractivity contribution in [3.8, 4) is 5.75 Å². The highest BCUT2D eigenvalue weighted by molar-refractivity contribution is 6.34. The lowest BCUT2D eigenvalue weighted by atomic mass is 9.72. The number of hydrogen-bond donors (Lipinski definition) is 1. The largest absolute Gasteiger partial charge is 0.506 e. The molecule has 0 radical (unpaired) electrons. The van der Waals surface area contributed by atoms with Gasteiger partial charge in [0.2, 0.25) is 0 Å². The second-order valence-electron chi connectivity index (χ2n) is 4.37. The van der Waals surface area contributed by atoms with Crippen LogP contribution in [-0.2, 0) is 0 Å². The zero-order valence-electron chi connectivity index (χ0n) is 9.43. The van der Waals surface area contributed by atoms with Gasteiger partial charge in [-0.15, -0.1) is 0 Å². The molecule has 2 aliphatic carbocycles. The van der Waals surface area contributed by atoms with Gasteiger partial charge in [-0.25, -0.2) is 4.39 Å². The fraction of sp³-hybridized carbons (Fsp3) is 0.154. The number of aromatic hydroxyl groups is 1. The van der Waals surface area contributed by atoms with Crippen LogP contribution in [0.4, 0.5) is 4.39 Å². The lowest BCUT2D eigenvalue weighted by Gasteiger charge is -2.31. The van der Waals surface area contributed by atoms with E-state index in [0.29, 0.717) is 0 Å². The van der Waals surface area contributed by atoms with Gasteiger partial charge in [0.05, 0.1) is 29.2 Å². The number of pyridine rings is 1. The van der Waals surface area contributed by atoms with Crippen LogP contribution in [0.2, 0.25) is 0 Å². The summed E-state index contributed by atoms with van der Waals surface area (Å²) in [5, 5.41) is 9.77. The fourth-order valence-electron chi connectivity index (χ4n) is 2.46. The number of hydrogen-bond acceptors (Lipinski definition) is 4. The van der Waals surface area contributed by atoms with E-state index in [9.17, 15) is 19.1 Å². The van der Waals surface area contributed by atoms with Gasteiger partial charge in [-0.2, -0.15) is 0 Å². The molecule has 0 amide bonds. The summed E-state index contributed by atoms with van der Waals surface area (Å²) in [6, 6.07) is 0. The summed E-state index contributed by atoms with van der Waals surface area (Å²) in [5.41, 5.74) is -0.205. The Morgan fingerprint density at radius 1 is 1.16 bits per heavy atom.